The monoisotopic (exact) mass is 309 g/mol. The number of aromatic amines is 1. The van der Waals surface area contributed by atoms with Gasteiger partial charge in [-0.25, -0.2) is 4.98 Å². The molecule has 2 heterocycles. The lowest BCUT2D eigenvalue weighted by atomic mass is 10.0. The highest BCUT2D eigenvalue weighted by molar-refractivity contribution is 5.29. The minimum atomic E-state index is 0.0713. The number of nitrogens with one attached hydrogen (secondary N) is 1. The van der Waals surface area contributed by atoms with Gasteiger partial charge in [-0.05, 0) is 32.3 Å². The van der Waals surface area contributed by atoms with E-state index in [1.54, 1.807) is 0 Å². The van der Waals surface area contributed by atoms with Crippen molar-refractivity contribution in [2.45, 2.75) is 52.1 Å². The van der Waals surface area contributed by atoms with Crippen molar-refractivity contribution in [3.05, 3.63) is 62.3 Å². The quantitative estimate of drug-likeness (QED) is 0.948. The molecule has 23 heavy (non-hydrogen) atoms. The molecule has 0 unspecified atom stereocenters. The maximum Gasteiger partial charge on any atom is 0.255 e. The molecule has 0 saturated heterocycles. The molecule has 1 N–H and O–H groups in total. The van der Waals surface area contributed by atoms with Crippen molar-refractivity contribution < 1.29 is 0 Å². The predicted octanol–water partition coefficient (Wildman–Crippen LogP) is 2.82. The highest BCUT2D eigenvalue weighted by atomic mass is 16.1. The topological polar surface area (TPSA) is 49.0 Å². The van der Waals surface area contributed by atoms with Crippen molar-refractivity contribution in [1.29, 1.82) is 0 Å². The van der Waals surface area contributed by atoms with Crippen LogP contribution in [0.4, 0.5) is 0 Å². The van der Waals surface area contributed by atoms with E-state index >= 15 is 0 Å². The van der Waals surface area contributed by atoms with E-state index in [1.807, 2.05) is 0 Å². The number of H-pyrrole nitrogens is 1. The number of hydrogen-bond acceptors (Lipinski definition) is 3. The van der Waals surface area contributed by atoms with Gasteiger partial charge in [0.1, 0.15) is 5.82 Å². The first-order valence-electron chi connectivity index (χ1n) is 8.50. The van der Waals surface area contributed by atoms with E-state index in [1.165, 1.54) is 29.5 Å². The van der Waals surface area contributed by atoms with Crippen LogP contribution in [0.25, 0.3) is 0 Å². The zero-order chi connectivity index (χ0) is 16.0. The molecule has 0 radical (unpaired) electrons. The van der Waals surface area contributed by atoms with Gasteiger partial charge in [-0.15, -0.1) is 0 Å². The number of fused-ring (bicyclic) bond motifs is 1. The normalized spacial score (nSPS) is 18.0. The molecule has 2 aliphatic rings. The molecule has 120 valence electrons. The van der Waals surface area contributed by atoms with Crippen LogP contribution in [-0.4, -0.2) is 21.4 Å². The summed E-state index contributed by atoms with van der Waals surface area (Å²) in [6, 6.07) is 6.67. The lowest BCUT2D eigenvalue weighted by molar-refractivity contribution is 0.241. The van der Waals surface area contributed by atoms with Gasteiger partial charge in [0.2, 0.25) is 0 Å². The van der Waals surface area contributed by atoms with E-state index in [0.29, 0.717) is 12.5 Å². The summed E-state index contributed by atoms with van der Waals surface area (Å²) in [5.41, 5.74) is 5.88. The molecule has 0 spiro atoms. The van der Waals surface area contributed by atoms with Crippen LogP contribution >= 0.6 is 0 Å². The van der Waals surface area contributed by atoms with Crippen LogP contribution in [0.3, 0.4) is 0 Å². The van der Waals surface area contributed by atoms with E-state index < -0.39 is 0 Å². The van der Waals surface area contributed by atoms with Crippen LogP contribution in [0.5, 0.6) is 0 Å². The van der Waals surface area contributed by atoms with E-state index in [0.717, 1.165) is 36.6 Å². The number of aryl methyl sites for hydroxylation is 2. The zero-order valence-electron chi connectivity index (χ0n) is 13.9. The third-order valence-electron chi connectivity index (χ3n) is 4.82. The molecule has 4 heteroatoms. The van der Waals surface area contributed by atoms with E-state index in [9.17, 15) is 4.79 Å². The summed E-state index contributed by atoms with van der Waals surface area (Å²) in [5, 5.41) is 0. The molecular weight excluding hydrogens is 286 g/mol. The third-order valence-corrected chi connectivity index (χ3v) is 4.82. The SMILES string of the molecule is Cc1cc(C)cc(CN2CCc3nc(C4CC4)[nH]c(=O)c3C2)c1. The third kappa shape index (κ3) is 3.08. The zero-order valence-corrected chi connectivity index (χ0v) is 13.9. The second kappa shape index (κ2) is 5.60. The summed E-state index contributed by atoms with van der Waals surface area (Å²) in [6.45, 7) is 6.84. The van der Waals surface area contributed by atoms with Gasteiger partial charge in [-0.1, -0.05) is 29.3 Å². The number of nitrogens with zero attached hydrogens (tertiary/aromatic N) is 2. The van der Waals surface area contributed by atoms with Crippen LogP contribution in [0.15, 0.2) is 23.0 Å². The van der Waals surface area contributed by atoms with Crippen LogP contribution in [0.2, 0.25) is 0 Å². The lowest BCUT2D eigenvalue weighted by Crippen LogP contribution is -2.35. The van der Waals surface area contributed by atoms with Gasteiger partial charge in [0.15, 0.2) is 0 Å². The Hall–Kier alpha value is -1.94. The van der Waals surface area contributed by atoms with Crippen molar-refractivity contribution in [1.82, 2.24) is 14.9 Å². The fraction of sp³-hybridized carbons (Fsp3) is 0.474. The number of aromatic nitrogens is 2. The Morgan fingerprint density at radius 3 is 2.65 bits per heavy atom. The van der Waals surface area contributed by atoms with Gasteiger partial charge in [0.25, 0.3) is 5.56 Å². The Morgan fingerprint density at radius 2 is 1.96 bits per heavy atom. The average Bonchev–Trinajstić information content (AvgIpc) is 3.31. The van der Waals surface area contributed by atoms with Crippen LogP contribution < -0.4 is 5.56 Å². The molecule has 0 amide bonds. The molecule has 1 aliphatic carbocycles. The molecule has 1 aromatic heterocycles. The predicted molar refractivity (Wildman–Crippen MR) is 90.6 cm³/mol. The van der Waals surface area contributed by atoms with Crippen molar-refractivity contribution >= 4 is 0 Å². The molecule has 0 atom stereocenters. The van der Waals surface area contributed by atoms with Crippen molar-refractivity contribution in [2.75, 3.05) is 6.54 Å². The Bertz CT molecular complexity index is 784. The molecule has 2 aromatic rings. The molecule has 4 nitrogen and oxygen atoms in total. The van der Waals surface area contributed by atoms with Crippen LogP contribution in [-0.2, 0) is 19.5 Å². The molecule has 0 bridgehead atoms. The van der Waals surface area contributed by atoms with E-state index in [4.69, 9.17) is 4.98 Å². The van der Waals surface area contributed by atoms with Crippen LogP contribution in [0, 0.1) is 13.8 Å². The molecule has 1 aromatic carbocycles. The van der Waals surface area contributed by atoms with Crippen molar-refractivity contribution in [3.8, 4) is 0 Å². The Balaban J connectivity index is 1.55. The average molecular weight is 309 g/mol. The second-order valence-corrected chi connectivity index (χ2v) is 7.11. The number of benzene rings is 1. The number of rotatable bonds is 3. The molecule has 1 saturated carbocycles. The molecular formula is C19H23N3O. The summed E-state index contributed by atoms with van der Waals surface area (Å²) in [5.74, 6) is 1.41. The number of hydrogen-bond donors (Lipinski definition) is 1. The summed E-state index contributed by atoms with van der Waals surface area (Å²) < 4.78 is 0. The van der Waals surface area contributed by atoms with Gasteiger partial charge in [0.05, 0.1) is 11.3 Å². The Labute approximate surface area is 136 Å². The first-order valence-corrected chi connectivity index (χ1v) is 8.50. The minimum Gasteiger partial charge on any atom is -0.310 e. The molecule has 4 rings (SSSR count). The van der Waals surface area contributed by atoms with Crippen LogP contribution in [0.1, 0.15) is 52.5 Å². The lowest BCUT2D eigenvalue weighted by Gasteiger charge is -2.28. The first kappa shape index (κ1) is 14.6. The largest absolute Gasteiger partial charge is 0.310 e. The van der Waals surface area contributed by atoms with Crippen molar-refractivity contribution in [3.63, 3.8) is 0 Å². The summed E-state index contributed by atoms with van der Waals surface area (Å²) in [4.78, 5) is 22.5. The molecule has 1 aliphatic heterocycles. The summed E-state index contributed by atoms with van der Waals surface area (Å²) in [7, 11) is 0. The molecule has 1 fully saturated rings. The van der Waals surface area contributed by atoms with Gasteiger partial charge in [0, 0.05) is 32.0 Å². The fourth-order valence-corrected chi connectivity index (χ4v) is 3.60. The van der Waals surface area contributed by atoms with E-state index in [-0.39, 0.29) is 5.56 Å². The summed E-state index contributed by atoms with van der Waals surface area (Å²) in [6.07, 6.45) is 3.21. The highest BCUT2D eigenvalue weighted by Crippen LogP contribution is 2.37. The second-order valence-electron chi connectivity index (χ2n) is 7.11. The highest BCUT2D eigenvalue weighted by Gasteiger charge is 2.29. The Morgan fingerprint density at radius 1 is 1.22 bits per heavy atom. The Kier molecular flexibility index (Phi) is 3.57. The van der Waals surface area contributed by atoms with Gasteiger partial charge < -0.3 is 4.98 Å². The van der Waals surface area contributed by atoms with Crippen molar-refractivity contribution in [2.24, 2.45) is 0 Å². The smallest absolute Gasteiger partial charge is 0.255 e. The summed E-state index contributed by atoms with van der Waals surface area (Å²) >= 11 is 0. The maximum atomic E-state index is 12.4. The van der Waals surface area contributed by atoms with Gasteiger partial charge in [-0.2, -0.15) is 0 Å². The first-order chi connectivity index (χ1) is 11.1. The van der Waals surface area contributed by atoms with E-state index in [2.05, 4.69) is 41.9 Å². The fourth-order valence-electron chi connectivity index (χ4n) is 3.60. The van der Waals surface area contributed by atoms with Gasteiger partial charge in [-0.3, -0.25) is 9.69 Å². The maximum absolute atomic E-state index is 12.4. The van der Waals surface area contributed by atoms with Gasteiger partial charge >= 0.3 is 0 Å². The standard InChI is InChI=1S/C19H23N3O/c1-12-7-13(2)9-14(8-12)10-22-6-5-17-16(11-22)19(23)21-18(20-17)15-3-4-15/h7-9,15H,3-6,10-11H2,1-2H3,(H,20,21,23). The minimum absolute atomic E-state index is 0.0713.